The first-order chi connectivity index (χ1) is 9.77. The highest BCUT2D eigenvalue weighted by Gasteiger charge is 2.39. The molecule has 1 aromatic rings. The van der Waals surface area contributed by atoms with Gasteiger partial charge in [0.15, 0.2) is 0 Å². The van der Waals surface area contributed by atoms with Crippen molar-refractivity contribution in [3.63, 3.8) is 0 Å². The Balaban J connectivity index is 0.00000220. The second-order valence-corrected chi connectivity index (χ2v) is 5.34. The summed E-state index contributed by atoms with van der Waals surface area (Å²) >= 11 is 0. The van der Waals surface area contributed by atoms with Gasteiger partial charge in [0, 0.05) is 32.6 Å². The Morgan fingerprint density at radius 2 is 2.24 bits per heavy atom. The van der Waals surface area contributed by atoms with Gasteiger partial charge in [0.25, 0.3) is 0 Å². The van der Waals surface area contributed by atoms with Crippen molar-refractivity contribution in [2.45, 2.75) is 25.8 Å². The Bertz CT molecular complexity index is 400. The van der Waals surface area contributed by atoms with E-state index in [0.717, 1.165) is 38.9 Å². The molecule has 6 nitrogen and oxygen atoms in total. The quantitative estimate of drug-likeness (QED) is 0.731. The molecule has 1 amide bonds. The molecule has 120 valence electrons. The summed E-state index contributed by atoms with van der Waals surface area (Å²) in [6, 6.07) is 1.90. The van der Waals surface area contributed by atoms with Crippen LogP contribution in [0.1, 0.15) is 19.3 Å². The normalized spacial score (nSPS) is 17.0. The lowest BCUT2D eigenvalue weighted by atomic mass is 9.78. The summed E-state index contributed by atoms with van der Waals surface area (Å²) in [6.45, 7) is 3.76. The highest BCUT2D eigenvalue weighted by Crippen LogP contribution is 2.29. The average Bonchev–Trinajstić information content (AvgIpc) is 2.98. The van der Waals surface area contributed by atoms with Gasteiger partial charge in [-0.3, -0.25) is 9.48 Å². The molecule has 2 heterocycles. The van der Waals surface area contributed by atoms with Gasteiger partial charge in [-0.2, -0.15) is 5.10 Å². The monoisotopic (exact) mass is 316 g/mol. The summed E-state index contributed by atoms with van der Waals surface area (Å²) in [5.74, 6) is 0.126. The van der Waals surface area contributed by atoms with E-state index in [9.17, 15) is 4.79 Å². The van der Waals surface area contributed by atoms with Crippen LogP contribution in [-0.2, 0) is 16.1 Å². The molecule has 2 N–H and O–H groups in total. The maximum absolute atomic E-state index is 12.4. The highest BCUT2D eigenvalue weighted by atomic mass is 35.5. The van der Waals surface area contributed by atoms with Crippen LogP contribution in [0.2, 0.25) is 0 Å². The third-order valence-corrected chi connectivity index (χ3v) is 3.87. The first-order valence-corrected chi connectivity index (χ1v) is 7.22. The lowest BCUT2D eigenvalue weighted by Crippen LogP contribution is -2.50. The van der Waals surface area contributed by atoms with Crippen molar-refractivity contribution in [2.75, 3.05) is 33.4 Å². The SMILES string of the molecule is COCC1(C(=O)NCCCn2cccn2)CCNCC1.Cl. The molecule has 0 aromatic carbocycles. The molecule has 0 atom stereocenters. The molecule has 1 aliphatic rings. The smallest absolute Gasteiger partial charge is 0.228 e. The molecule has 0 unspecified atom stereocenters. The number of rotatable bonds is 7. The zero-order valence-corrected chi connectivity index (χ0v) is 13.3. The number of nitrogens with zero attached hydrogens (tertiary/aromatic N) is 2. The molecule has 0 radical (unpaired) electrons. The first-order valence-electron chi connectivity index (χ1n) is 7.22. The summed E-state index contributed by atoms with van der Waals surface area (Å²) < 4.78 is 7.14. The van der Waals surface area contributed by atoms with Crippen LogP contribution in [0.15, 0.2) is 18.5 Å². The third-order valence-electron chi connectivity index (χ3n) is 3.87. The van der Waals surface area contributed by atoms with Crippen LogP contribution in [0.3, 0.4) is 0 Å². The van der Waals surface area contributed by atoms with Crippen LogP contribution >= 0.6 is 12.4 Å². The molecule has 1 saturated heterocycles. The number of hydrogen-bond donors (Lipinski definition) is 2. The Morgan fingerprint density at radius 3 is 2.86 bits per heavy atom. The van der Waals surface area contributed by atoms with Crippen LogP contribution in [0.4, 0.5) is 0 Å². The van der Waals surface area contributed by atoms with Gasteiger partial charge in [0.2, 0.25) is 5.91 Å². The molecule has 1 aliphatic heterocycles. The van der Waals surface area contributed by atoms with Crippen molar-refractivity contribution in [1.29, 1.82) is 0 Å². The molecule has 21 heavy (non-hydrogen) atoms. The largest absolute Gasteiger partial charge is 0.384 e. The van der Waals surface area contributed by atoms with E-state index in [1.807, 2.05) is 16.9 Å². The fourth-order valence-corrected chi connectivity index (χ4v) is 2.68. The Labute approximate surface area is 132 Å². The number of aryl methyl sites for hydroxylation is 1. The molecule has 0 aliphatic carbocycles. The Morgan fingerprint density at radius 1 is 1.48 bits per heavy atom. The van der Waals surface area contributed by atoms with Gasteiger partial charge in [-0.05, 0) is 38.4 Å². The predicted octanol–water partition coefficient (Wildman–Crippen LogP) is 0.827. The lowest BCUT2D eigenvalue weighted by molar-refractivity contribution is -0.136. The van der Waals surface area contributed by atoms with E-state index < -0.39 is 0 Å². The first kappa shape index (κ1) is 17.9. The fourth-order valence-electron chi connectivity index (χ4n) is 2.68. The molecule has 1 fully saturated rings. The molecular formula is C14H25ClN4O2. The zero-order valence-electron chi connectivity index (χ0n) is 12.5. The van der Waals surface area contributed by atoms with Crippen LogP contribution in [0.25, 0.3) is 0 Å². The van der Waals surface area contributed by atoms with Crippen LogP contribution in [-0.4, -0.2) is 49.0 Å². The number of ether oxygens (including phenoxy) is 1. The Kier molecular flexibility index (Phi) is 7.71. The lowest BCUT2D eigenvalue weighted by Gasteiger charge is -2.35. The molecule has 1 aromatic heterocycles. The fraction of sp³-hybridized carbons (Fsp3) is 0.714. The van der Waals surface area contributed by atoms with E-state index in [4.69, 9.17) is 4.74 Å². The number of nitrogens with one attached hydrogen (secondary N) is 2. The van der Waals surface area contributed by atoms with E-state index in [0.29, 0.717) is 13.2 Å². The van der Waals surface area contributed by atoms with Crippen molar-refractivity contribution in [1.82, 2.24) is 20.4 Å². The Hall–Kier alpha value is -1.11. The highest BCUT2D eigenvalue weighted by molar-refractivity contribution is 5.85. The second-order valence-electron chi connectivity index (χ2n) is 5.34. The van der Waals surface area contributed by atoms with Gasteiger partial charge in [-0.25, -0.2) is 0 Å². The molecule has 7 heteroatoms. The molecule has 0 spiro atoms. The number of hydrogen-bond acceptors (Lipinski definition) is 4. The number of amides is 1. The molecule has 0 bridgehead atoms. The molecular weight excluding hydrogens is 292 g/mol. The van der Waals surface area contributed by atoms with E-state index in [2.05, 4.69) is 15.7 Å². The van der Waals surface area contributed by atoms with Crippen molar-refractivity contribution in [3.05, 3.63) is 18.5 Å². The maximum Gasteiger partial charge on any atom is 0.228 e. The summed E-state index contributed by atoms with van der Waals surface area (Å²) in [4.78, 5) is 12.4. The summed E-state index contributed by atoms with van der Waals surface area (Å²) in [6.07, 6.45) is 6.26. The van der Waals surface area contributed by atoms with Gasteiger partial charge in [-0.15, -0.1) is 12.4 Å². The van der Waals surface area contributed by atoms with Crippen molar-refractivity contribution in [2.24, 2.45) is 5.41 Å². The van der Waals surface area contributed by atoms with E-state index in [-0.39, 0.29) is 23.7 Å². The van der Waals surface area contributed by atoms with Gasteiger partial charge < -0.3 is 15.4 Å². The van der Waals surface area contributed by atoms with Crippen molar-refractivity contribution in [3.8, 4) is 0 Å². The van der Waals surface area contributed by atoms with E-state index in [1.54, 1.807) is 13.3 Å². The standard InChI is InChI=1S/C14H24N4O2.ClH/c1-20-12-14(4-8-15-9-5-14)13(19)16-6-2-10-18-11-3-7-17-18;/h3,7,11,15H,2,4-6,8-10,12H2,1H3,(H,16,19);1H. The summed E-state index contributed by atoms with van der Waals surface area (Å²) in [5, 5.41) is 10.5. The van der Waals surface area contributed by atoms with Crippen molar-refractivity contribution >= 4 is 18.3 Å². The average molecular weight is 317 g/mol. The maximum atomic E-state index is 12.4. The minimum Gasteiger partial charge on any atom is -0.384 e. The van der Waals surface area contributed by atoms with Gasteiger partial charge >= 0.3 is 0 Å². The molecule has 2 rings (SSSR count). The summed E-state index contributed by atoms with van der Waals surface area (Å²) in [7, 11) is 1.66. The zero-order chi connectivity index (χ0) is 14.3. The third kappa shape index (κ3) is 4.98. The van der Waals surface area contributed by atoms with E-state index in [1.165, 1.54) is 0 Å². The number of carbonyl (C=O) groups excluding carboxylic acids is 1. The number of aromatic nitrogens is 2. The van der Waals surface area contributed by atoms with Crippen LogP contribution in [0, 0.1) is 5.41 Å². The minimum absolute atomic E-state index is 0. The van der Waals surface area contributed by atoms with Crippen LogP contribution < -0.4 is 10.6 Å². The van der Waals surface area contributed by atoms with Crippen LogP contribution in [0.5, 0.6) is 0 Å². The van der Waals surface area contributed by atoms with Gasteiger partial charge in [0.1, 0.15) is 0 Å². The number of carbonyl (C=O) groups is 1. The van der Waals surface area contributed by atoms with Gasteiger partial charge in [-0.1, -0.05) is 0 Å². The predicted molar refractivity (Wildman–Crippen MR) is 83.5 cm³/mol. The number of piperidine rings is 1. The van der Waals surface area contributed by atoms with E-state index >= 15 is 0 Å². The second kappa shape index (κ2) is 9.02. The van der Waals surface area contributed by atoms with Crippen molar-refractivity contribution < 1.29 is 9.53 Å². The summed E-state index contributed by atoms with van der Waals surface area (Å²) in [5.41, 5.74) is -0.355. The van der Waals surface area contributed by atoms with Gasteiger partial charge in [0.05, 0.1) is 12.0 Å². The molecule has 0 saturated carbocycles. The number of methoxy groups -OCH3 is 1. The number of halogens is 1. The minimum atomic E-state index is -0.355. The topological polar surface area (TPSA) is 68.2 Å².